The van der Waals surface area contributed by atoms with Gasteiger partial charge in [-0.3, -0.25) is 9.48 Å². The van der Waals surface area contributed by atoms with Gasteiger partial charge in [0.25, 0.3) is 5.91 Å². The number of likely N-dealkylation sites (tertiary alicyclic amines) is 1. The summed E-state index contributed by atoms with van der Waals surface area (Å²) in [6.45, 7) is 7.45. The third-order valence-electron chi connectivity index (χ3n) is 7.03. The Labute approximate surface area is 159 Å². The monoisotopic (exact) mass is 368 g/mol. The second kappa shape index (κ2) is 6.17. The van der Waals surface area contributed by atoms with Crippen LogP contribution in [0.15, 0.2) is 12.5 Å². The molecule has 1 spiro atoms. The van der Waals surface area contributed by atoms with E-state index in [9.17, 15) is 4.79 Å². The molecule has 2 aliphatic carbocycles. The highest BCUT2D eigenvalue weighted by Crippen LogP contribution is 2.55. The summed E-state index contributed by atoms with van der Waals surface area (Å²) in [5.41, 5.74) is 1.90. The van der Waals surface area contributed by atoms with Gasteiger partial charge < -0.3 is 9.47 Å². The van der Waals surface area contributed by atoms with Crippen LogP contribution in [0.4, 0.5) is 0 Å². The van der Waals surface area contributed by atoms with Gasteiger partial charge in [0.05, 0.1) is 11.8 Å². The summed E-state index contributed by atoms with van der Waals surface area (Å²) in [7, 11) is 0. The minimum Gasteiger partial charge on any atom is -0.337 e. The van der Waals surface area contributed by atoms with E-state index < -0.39 is 0 Å². The van der Waals surface area contributed by atoms with Gasteiger partial charge in [0.2, 0.25) is 0 Å². The van der Waals surface area contributed by atoms with Crippen molar-refractivity contribution < 1.29 is 4.79 Å². The highest BCUT2D eigenvalue weighted by atomic mass is 16.2. The molecule has 5 rings (SSSR count). The van der Waals surface area contributed by atoms with E-state index in [1.165, 1.54) is 32.1 Å². The fraction of sp³-hybridized carbons (Fsp3) is 0.700. The Morgan fingerprint density at radius 1 is 1.33 bits per heavy atom. The number of aromatic nitrogens is 5. The lowest BCUT2D eigenvalue weighted by molar-refractivity contribution is 0.0722. The first-order chi connectivity index (χ1) is 13.1. The maximum Gasteiger partial charge on any atom is 0.257 e. The van der Waals surface area contributed by atoms with Crippen LogP contribution in [0.2, 0.25) is 0 Å². The molecule has 7 heteroatoms. The van der Waals surface area contributed by atoms with E-state index in [2.05, 4.69) is 26.8 Å². The Hall–Kier alpha value is -2.18. The molecule has 27 heavy (non-hydrogen) atoms. The van der Waals surface area contributed by atoms with Crippen molar-refractivity contribution in [2.75, 3.05) is 13.1 Å². The smallest absolute Gasteiger partial charge is 0.257 e. The van der Waals surface area contributed by atoms with E-state index >= 15 is 0 Å². The van der Waals surface area contributed by atoms with Gasteiger partial charge in [0.1, 0.15) is 12.2 Å². The van der Waals surface area contributed by atoms with Gasteiger partial charge in [-0.15, -0.1) is 10.2 Å². The Kier molecular flexibility index (Phi) is 3.88. The highest BCUT2D eigenvalue weighted by molar-refractivity contribution is 5.95. The van der Waals surface area contributed by atoms with Crippen LogP contribution in [0.3, 0.4) is 0 Å². The molecule has 7 nitrogen and oxygen atoms in total. The van der Waals surface area contributed by atoms with Gasteiger partial charge in [0.15, 0.2) is 0 Å². The number of hydrogen-bond acceptors (Lipinski definition) is 4. The van der Waals surface area contributed by atoms with Crippen LogP contribution >= 0.6 is 0 Å². The van der Waals surface area contributed by atoms with Gasteiger partial charge in [0, 0.05) is 37.8 Å². The van der Waals surface area contributed by atoms with E-state index in [0.29, 0.717) is 5.92 Å². The van der Waals surface area contributed by atoms with E-state index in [4.69, 9.17) is 0 Å². The molecule has 1 saturated heterocycles. The van der Waals surface area contributed by atoms with Crippen LogP contribution in [0, 0.1) is 18.3 Å². The molecule has 0 aromatic carbocycles. The quantitative estimate of drug-likeness (QED) is 0.813. The first-order valence-electron chi connectivity index (χ1n) is 10.3. The van der Waals surface area contributed by atoms with Crippen LogP contribution < -0.4 is 0 Å². The molecule has 0 bridgehead atoms. The normalized spacial score (nSPS) is 23.8. The topological polar surface area (TPSA) is 68.8 Å². The summed E-state index contributed by atoms with van der Waals surface area (Å²) in [6, 6.07) is 0. The van der Waals surface area contributed by atoms with Gasteiger partial charge in [-0.2, -0.15) is 5.10 Å². The second-order valence-corrected chi connectivity index (χ2v) is 8.70. The van der Waals surface area contributed by atoms with Crippen molar-refractivity contribution in [1.29, 1.82) is 0 Å². The third-order valence-corrected chi connectivity index (χ3v) is 7.03. The summed E-state index contributed by atoms with van der Waals surface area (Å²) in [5, 5.41) is 13.1. The molecule has 3 heterocycles. The van der Waals surface area contributed by atoms with Crippen molar-refractivity contribution in [2.24, 2.45) is 11.3 Å². The van der Waals surface area contributed by atoms with Gasteiger partial charge in [-0.05, 0) is 50.9 Å². The molecule has 3 aliphatic rings. The number of amides is 1. The number of carbonyl (C=O) groups is 1. The third kappa shape index (κ3) is 2.70. The van der Waals surface area contributed by atoms with Gasteiger partial charge in [-0.25, -0.2) is 0 Å². The van der Waals surface area contributed by atoms with E-state index in [1.807, 2.05) is 22.8 Å². The predicted molar refractivity (Wildman–Crippen MR) is 100 cm³/mol. The fourth-order valence-corrected chi connectivity index (χ4v) is 5.02. The molecule has 2 aromatic rings. The molecule has 0 radical (unpaired) electrons. The summed E-state index contributed by atoms with van der Waals surface area (Å²) in [6.07, 6.45) is 9.88. The molecule has 1 amide bonds. The lowest BCUT2D eigenvalue weighted by Crippen LogP contribution is -2.38. The zero-order valence-electron chi connectivity index (χ0n) is 16.3. The predicted octanol–water partition coefficient (Wildman–Crippen LogP) is 2.62. The van der Waals surface area contributed by atoms with Crippen LogP contribution in [0.25, 0.3) is 0 Å². The molecule has 1 unspecified atom stereocenters. The Morgan fingerprint density at radius 2 is 2.15 bits per heavy atom. The molecular weight excluding hydrogens is 340 g/mol. The average Bonchev–Trinajstić information content (AvgIpc) is 3.05. The zero-order chi connectivity index (χ0) is 18.6. The first-order valence-corrected chi connectivity index (χ1v) is 10.3. The Bertz CT molecular complexity index is 860. The molecule has 144 valence electrons. The molecular formula is C20H28N6O. The minimum absolute atomic E-state index is 0.120. The molecule has 1 aliphatic heterocycles. The van der Waals surface area contributed by atoms with Crippen molar-refractivity contribution in [2.45, 2.75) is 65.0 Å². The average molecular weight is 368 g/mol. The largest absolute Gasteiger partial charge is 0.337 e. The van der Waals surface area contributed by atoms with Crippen LogP contribution in [0.1, 0.15) is 66.8 Å². The summed E-state index contributed by atoms with van der Waals surface area (Å²) in [4.78, 5) is 15.3. The fourth-order valence-electron chi connectivity index (χ4n) is 5.02. The molecule has 0 N–H and O–H groups in total. The number of nitrogens with zero attached hydrogens (tertiary/aromatic N) is 6. The minimum atomic E-state index is 0.120. The SMILES string of the molecule is CCn1ncc(C(=O)N2CC(c3nncn3CC3CC3)C3(CCC3)C2)c1C. The van der Waals surface area contributed by atoms with E-state index in [0.717, 1.165) is 49.2 Å². The standard InChI is InChI=1S/C20H28N6O/c1-3-26-14(2)16(9-22-26)19(27)24-11-17(20(12-24)7-4-8-20)18-23-21-13-25(18)10-15-5-6-15/h9,13,15,17H,3-8,10-12H2,1-2H3. The van der Waals surface area contributed by atoms with Crippen molar-refractivity contribution in [3.63, 3.8) is 0 Å². The maximum atomic E-state index is 13.2. The van der Waals surface area contributed by atoms with Crippen LogP contribution in [-0.4, -0.2) is 48.4 Å². The molecule has 2 saturated carbocycles. The zero-order valence-corrected chi connectivity index (χ0v) is 16.3. The Morgan fingerprint density at radius 3 is 2.78 bits per heavy atom. The van der Waals surface area contributed by atoms with Gasteiger partial charge in [-0.1, -0.05) is 6.42 Å². The van der Waals surface area contributed by atoms with Crippen molar-refractivity contribution in [1.82, 2.24) is 29.4 Å². The molecule has 1 atom stereocenters. The summed E-state index contributed by atoms with van der Waals surface area (Å²) < 4.78 is 4.16. The van der Waals surface area contributed by atoms with E-state index in [-0.39, 0.29) is 11.3 Å². The number of rotatable bonds is 5. The van der Waals surface area contributed by atoms with Gasteiger partial charge >= 0.3 is 0 Å². The number of hydrogen-bond donors (Lipinski definition) is 0. The molecule has 2 aromatic heterocycles. The highest BCUT2D eigenvalue weighted by Gasteiger charge is 2.54. The summed E-state index contributed by atoms with van der Waals surface area (Å²) >= 11 is 0. The first kappa shape index (κ1) is 17.0. The summed E-state index contributed by atoms with van der Waals surface area (Å²) in [5.74, 6) is 2.31. The van der Waals surface area contributed by atoms with Crippen molar-refractivity contribution >= 4 is 5.91 Å². The van der Waals surface area contributed by atoms with Crippen LogP contribution in [0.5, 0.6) is 0 Å². The Balaban J connectivity index is 1.41. The maximum absolute atomic E-state index is 13.2. The number of carbonyl (C=O) groups excluding carboxylic acids is 1. The van der Waals surface area contributed by atoms with Crippen molar-refractivity contribution in [3.8, 4) is 0 Å². The molecule has 3 fully saturated rings. The van der Waals surface area contributed by atoms with E-state index in [1.54, 1.807) is 6.20 Å². The lowest BCUT2D eigenvalue weighted by Gasteiger charge is -2.42. The second-order valence-electron chi connectivity index (χ2n) is 8.70. The van der Waals surface area contributed by atoms with Crippen molar-refractivity contribution in [3.05, 3.63) is 29.6 Å². The van der Waals surface area contributed by atoms with Crippen LogP contribution in [-0.2, 0) is 13.1 Å². The number of aryl methyl sites for hydroxylation is 1. The lowest BCUT2D eigenvalue weighted by atomic mass is 9.62.